The number of carbonyl (C=O) groups excluding carboxylic acids is 1. The highest BCUT2D eigenvalue weighted by molar-refractivity contribution is 5.87. The van der Waals surface area contributed by atoms with Crippen molar-refractivity contribution in [3.63, 3.8) is 0 Å². The predicted octanol–water partition coefficient (Wildman–Crippen LogP) is 2.29. The molecule has 1 aromatic heterocycles. The highest BCUT2D eigenvalue weighted by Gasteiger charge is 2.12. The normalized spacial score (nSPS) is 13.5. The molecule has 0 spiro atoms. The van der Waals surface area contributed by atoms with Crippen LogP contribution in [0.5, 0.6) is 0 Å². The largest absolute Gasteiger partial charge is 0.461 e. The minimum Gasteiger partial charge on any atom is -0.461 e. The van der Waals surface area contributed by atoms with Crippen molar-refractivity contribution in [1.82, 2.24) is 4.98 Å². The Morgan fingerprint density at radius 3 is 2.94 bits per heavy atom. The van der Waals surface area contributed by atoms with E-state index in [1.165, 1.54) is 6.26 Å². The highest BCUT2D eigenvalue weighted by Crippen LogP contribution is 2.12. The van der Waals surface area contributed by atoms with Crippen molar-refractivity contribution >= 4 is 12.0 Å². The number of methoxy groups -OCH3 is 1. The summed E-state index contributed by atoms with van der Waals surface area (Å²) in [5.41, 5.74) is 1.14. The average molecular weight is 239 g/mol. The van der Waals surface area contributed by atoms with Crippen molar-refractivity contribution in [1.29, 1.82) is 0 Å². The van der Waals surface area contributed by atoms with Gasteiger partial charge in [0, 0.05) is 13.2 Å². The molecule has 0 saturated heterocycles. The standard InChI is InChI=1S/C12H17NO4/c1-5-16-12(14)10-7-17-11(13-10)6-8(2)9(3)15-4/h6-7,9H,5H2,1-4H3/b8-6-/t9-/m1/s1. The van der Waals surface area contributed by atoms with Gasteiger partial charge in [-0.3, -0.25) is 0 Å². The van der Waals surface area contributed by atoms with E-state index in [9.17, 15) is 4.79 Å². The molecule has 5 heteroatoms. The summed E-state index contributed by atoms with van der Waals surface area (Å²) in [7, 11) is 1.63. The number of carbonyl (C=O) groups is 1. The maximum absolute atomic E-state index is 11.3. The second-order valence-electron chi connectivity index (χ2n) is 3.56. The zero-order valence-electron chi connectivity index (χ0n) is 10.5. The fourth-order valence-electron chi connectivity index (χ4n) is 1.15. The van der Waals surface area contributed by atoms with Gasteiger partial charge in [-0.25, -0.2) is 9.78 Å². The molecule has 0 N–H and O–H groups in total. The number of oxazole rings is 1. The van der Waals surface area contributed by atoms with Crippen LogP contribution >= 0.6 is 0 Å². The molecule has 0 aliphatic rings. The van der Waals surface area contributed by atoms with E-state index in [1.54, 1.807) is 20.1 Å². The third-order valence-electron chi connectivity index (χ3n) is 2.35. The molecule has 1 aromatic rings. The molecule has 1 rings (SSSR count). The zero-order chi connectivity index (χ0) is 12.8. The van der Waals surface area contributed by atoms with Gasteiger partial charge >= 0.3 is 5.97 Å². The number of ether oxygens (including phenoxy) is 2. The van der Waals surface area contributed by atoms with Crippen molar-refractivity contribution in [2.45, 2.75) is 26.9 Å². The molecule has 0 saturated carbocycles. The van der Waals surface area contributed by atoms with Crippen LogP contribution in [-0.4, -0.2) is 30.8 Å². The average Bonchev–Trinajstić information content (AvgIpc) is 2.76. The summed E-state index contributed by atoms with van der Waals surface area (Å²) < 4.78 is 15.1. The molecule has 0 bridgehead atoms. The molecule has 5 nitrogen and oxygen atoms in total. The molecule has 17 heavy (non-hydrogen) atoms. The molecular formula is C12H17NO4. The van der Waals surface area contributed by atoms with E-state index in [2.05, 4.69) is 4.98 Å². The summed E-state index contributed by atoms with van der Waals surface area (Å²) in [6.45, 7) is 5.88. The van der Waals surface area contributed by atoms with Gasteiger partial charge in [0.25, 0.3) is 0 Å². The molecule has 1 atom stereocenters. The summed E-state index contributed by atoms with van der Waals surface area (Å²) in [6.07, 6.45) is 3.00. The second-order valence-corrected chi connectivity index (χ2v) is 3.56. The number of hydrogen-bond donors (Lipinski definition) is 0. The molecule has 0 aliphatic heterocycles. The lowest BCUT2D eigenvalue weighted by Gasteiger charge is -2.08. The van der Waals surface area contributed by atoms with Crippen molar-refractivity contribution in [2.24, 2.45) is 0 Å². The van der Waals surface area contributed by atoms with Crippen molar-refractivity contribution < 1.29 is 18.7 Å². The van der Waals surface area contributed by atoms with Crippen LogP contribution < -0.4 is 0 Å². The molecular weight excluding hydrogens is 222 g/mol. The molecule has 0 radical (unpaired) electrons. The Hall–Kier alpha value is -1.62. The van der Waals surface area contributed by atoms with Crippen LogP contribution in [0.2, 0.25) is 0 Å². The fourth-order valence-corrected chi connectivity index (χ4v) is 1.15. The molecule has 0 unspecified atom stereocenters. The molecule has 94 valence electrons. The number of nitrogens with zero attached hydrogens (tertiary/aromatic N) is 1. The van der Waals surface area contributed by atoms with Crippen molar-refractivity contribution in [3.05, 3.63) is 23.4 Å². The number of aromatic nitrogens is 1. The van der Waals surface area contributed by atoms with Crippen molar-refractivity contribution in [2.75, 3.05) is 13.7 Å². The predicted molar refractivity (Wildman–Crippen MR) is 62.6 cm³/mol. The summed E-state index contributed by atoms with van der Waals surface area (Å²) in [5.74, 6) is -0.109. The SMILES string of the molecule is CCOC(=O)c1coc(/C=C(/C)[C@@H](C)OC)n1. The molecule has 0 aromatic carbocycles. The third-order valence-corrected chi connectivity index (χ3v) is 2.35. The molecule has 0 fully saturated rings. The number of rotatable bonds is 5. The van der Waals surface area contributed by atoms with Gasteiger partial charge in [0.2, 0.25) is 5.89 Å². The Labute approximate surface area is 100 Å². The third kappa shape index (κ3) is 3.71. The topological polar surface area (TPSA) is 61.6 Å². The maximum atomic E-state index is 11.3. The molecule has 0 aliphatic carbocycles. The van der Waals surface area contributed by atoms with Gasteiger partial charge in [-0.1, -0.05) is 0 Å². The first kappa shape index (κ1) is 13.4. The number of esters is 1. The smallest absolute Gasteiger partial charge is 0.360 e. The van der Waals surface area contributed by atoms with Crippen LogP contribution in [-0.2, 0) is 9.47 Å². The Balaban J connectivity index is 2.78. The Bertz CT molecular complexity index is 408. The summed E-state index contributed by atoms with van der Waals surface area (Å²) in [4.78, 5) is 15.4. The minimum absolute atomic E-state index is 0.0204. The molecule has 1 heterocycles. The van der Waals surface area contributed by atoms with Crippen LogP contribution in [0.15, 0.2) is 16.3 Å². The maximum Gasteiger partial charge on any atom is 0.360 e. The van der Waals surface area contributed by atoms with E-state index >= 15 is 0 Å². The van der Waals surface area contributed by atoms with E-state index < -0.39 is 5.97 Å². The van der Waals surface area contributed by atoms with E-state index in [0.29, 0.717) is 12.5 Å². The van der Waals surface area contributed by atoms with E-state index in [1.807, 2.05) is 13.8 Å². The Morgan fingerprint density at radius 1 is 1.65 bits per heavy atom. The quantitative estimate of drug-likeness (QED) is 0.738. The highest BCUT2D eigenvalue weighted by atomic mass is 16.5. The Kier molecular flexibility index (Phi) is 4.90. The van der Waals surface area contributed by atoms with Crippen LogP contribution in [0.4, 0.5) is 0 Å². The van der Waals surface area contributed by atoms with Gasteiger partial charge in [0.1, 0.15) is 6.26 Å². The minimum atomic E-state index is -0.478. The van der Waals surface area contributed by atoms with E-state index in [4.69, 9.17) is 13.9 Å². The lowest BCUT2D eigenvalue weighted by Crippen LogP contribution is -2.06. The van der Waals surface area contributed by atoms with Gasteiger partial charge in [0.15, 0.2) is 5.69 Å². The van der Waals surface area contributed by atoms with Gasteiger partial charge in [-0.05, 0) is 26.3 Å². The van der Waals surface area contributed by atoms with Gasteiger partial charge in [-0.2, -0.15) is 0 Å². The lowest BCUT2D eigenvalue weighted by atomic mass is 10.2. The van der Waals surface area contributed by atoms with Crippen LogP contribution in [0, 0.1) is 0 Å². The Morgan fingerprint density at radius 2 is 2.35 bits per heavy atom. The van der Waals surface area contributed by atoms with Crippen LogP contribution in [0.25, 0.3) is 6.08 Å². The van der Waals surface area contributed by atoms with E-state index in [0.717, 1.165) is 5.57 Å². The van der Waals surface area contributed by atoms with Crippen molar-refractivity contribution in [3.8, 4) is 0 Å². The van der Waals surface area contributed by atoms with Crippen LogP contribution in [0.3, 0.4) is 0 Å². The zero-order valence-corrected chi connectivity index (χ0v) is 10.5. The second kappa shape index (κ2) is 6.20. The molecule has 0 amide bonds. The van der Waals surface area contributed by atoms with Gasteiger partial charge in [0.05, 0.1) is 12.7 Å². The first-order valence-electron chi connectivity index (χ1n) is 5.42. The fraction of sp³-hybridized carbons (Fsp3) is 0.500. The summed E-state index contributed by atoms with van der Waals surface area (Å²) in [5, 5.41) is 0. The van der Waals surface area contributed by atoms with E-state index in [-0.39, 0.29) is 11.8 Å². The summed E-state index contributed by atoms with van der Waals surface area (Å²) in [6, 6.07) is 0. The van der Waals surface area contributed by atoms with Gasteiger partial charge < -0.3 is 13.9 Å². The lowest BCUT2D eigenvalue weighted by molar-refractivity contribution is 0.0519. The number of hydrogen-bond acceptors (Lipinski definition) is 5. The first-order valence-corrected chi connectivity index (χ1v) is 5.42. The van der Waals surface area contributed by atoms with Crippen LogP contribution in [0.1, 0.15) is 37.2 Å². The van der Waals surface area contributed by atoms with Gasteiger partial charge in [-0.15, -0.1) is 0 Å². The first-order chi connectivity index (χ1) is 8.08. The summed E-state index contributed by atoms with van der Waals surface area (Å²) >= 11 is 0. The monoisotopic (exact) mass is 239 g/mol.